The Bertz CT molecular complexity index is 1130. The van der Waals surface area contributed by atoms with Gasteiger partial charge in [0, 0.05) is 6.42 Å². The van der Waals surface area contributed by atoms with E-state index in [1.165, 1.54) is 109 Å². The molecule has 338 valence electrons. The van der Waals surface area contributed by atoms with Crippen molar-refractivity contribution >= 4 is 13.7 Å². The van der Waals surface area contributed by atoms with E-state index >= 15 is 0 Å². The molecule has 58 heavy (non-hydrogen) atoms. The number of carbonyl (C=O) groups excluding carboxylic acids is 1. The summed E-state index contributed by atoms with van der Waals surface area (Å²) in [7, 11) is 1.54. The number of hydrogen-bond acceptors (Lipinski definition) is 5. The standard InChI is InChI=1S/C49H91N2O6P/c1-6-8-10-12-14-16-18-20-22-23-24-25-26-27-29-30-32-34-36-38-40-42-48(52)47(46-57-58(54,55)56-45-44-51(3,4)5)50-49(53)43-41-39-37-35-33-31-28-21-19-17-15-13-11-9-7-2/h9,11,15,17,21,28,33,35,40,42,47-48,52H,6-8,10,12-14,16,18-20,22-27,29-32,34,36-39,41,43-46H2,1-5H3,(H-,50,53,54,55)/p+1/b11-9-,17-15-,28-21-,35-33-,42-40+. The van der Waals surface area contributed by atoms with E-state index in [0.717, 1.165) is 57.8 Å². The Kier molecular flexibility index (Phi) is 39.3. The lowest BCUT2D eigenvalue weighted by Crippen LogP contribution is -2.45. The molecule has 3 atom stereocenters. The molecule has 0 aliphatic carbocycles. The molecule has 8 nitrogen and oxygen atoms in total. The zero-order chi connectivity index (χ0) is 42.8. The van der Waals surface area contributed by atoms with Gasteiger partial charge in [0.25, 0.3) is 0 Å². The molecule has 0 rings (SSSR count). The van der Waals surface area contributed by atoms with E-state index in [1.54, 1.807) is 6.08 Å². The Balaban J connectivity index is 4.42. The van der Waals surface area contributed by atoms with Gasteiger partial charge in [0.1, 0.15) is 13.2 Å². The van der Waals surface area contributed by atoms with Crippen LogP contribution in [0.5, 0.6) is 0 Å². The Morgan fingerprint density at radius 1 is 0.603 bits per heavy atom. The molecule has 0 aromatic rings. The Hall–Kier alpha value is -1.80. The van der Waals surface area contributed by atoms with E-state index in [-0.39, 0.29) is 19.1 Å². The van der Waals surface area contributed by atoms with Crippen LogP contribution in [-0.4, -0.2) is 73.4 Å². The largest absolute Gasteiger partial charge is 0.472 e. The number of amides is 1. The lowest BCUT2D eigenvalue weighted by molar-refractivity contribution is -0.870. The van der Waals surface area contributed by atoms with Crippen molar-refractivity contribution in [1.82, 2.24) is 5.32 Å². The third-order valence-corrected chi connectivity index (χ3v) is 11.2. The number of hydrogen-bond donors (Lipinski definition) is 3. The van der Waals surface area contributed by atoms with Crippen molar-refractivity contribution in [2.45, 2.75) is 206 Å². The number of nitrogens with zero attached hydrogens (tertiary/aromatic N) is 1. The fourth-order valence-electron chi connectivity index (χ4n) is 6.50. The maximum atomic E-state index is 12.9. The van der Waals surface area contributed by atoms with Gasteiger partial charge in [-0.2, -0.15) is 0 Å². The minimum absolute atomic E-state index is 0.0511. The summed E-state index contributed by atoms with van der Waals surface area (Å²) in [6.07, 6.45) is 53.0. The van der Waals surface area contributed by atoms with Gasteiger partial charge in [-0.3, -0.25) is 13.8 Å². The molecule has 0 aliphatic heterocycles. The first-order valence-corrected chi connectivity index (χ1v) is 25.2. The van der Waals surface area contributed by atoms with Gasteiger partial charge in [0.15, 0.2) is 0 Å². The van der Waals surface area contributed by atoms with Gasteiger partial charge in [0.05, 0.1) is 39.9 Å². The van der Waals surface area contributed by atoms with Gasteiger partial charge < -0.3 is 19.8 Å². The van der Waals surface area contributed by atoms with Crippen molar-refractivity contribution in [2.24, 2.45) is 0 Å². The second kappa shape index (κ2) is 40.6. The van der Waals surface area contributed by atoms with Crippen LogP contribution in [0.2, 0.25) is 0 Å². The smallest absolute Gasteiger partial charge is 0.387 e. The van der Waals surface area contributed by atoms with Crippen molar-refractivity contribution in [3.63, 3.8) is 0 Å². The van der Waals surface area contributed by atoms with E-state index < -0.39 is 20.0 Å². The van der Waals surface area contributed by atoms with Crippen molar-refractivity contribution in [3.8, 4) is 0 Å². The van der Waals surface area contributed by atoms with Crippen LogP contribution < -0.4 is 5.32 Å². The minimum atomic E-state index is -4.35. The maximum absolute atomic E-state index is 12.9. The van der Waals surface area contributed by atoms with Crippen LogP contribution in [0.3, 0.4) is 0 Å². The summed E-state index contributed by atoms with van der Waals surface area (Å²) in [5.74, 6) is -0.219. The number of aliphatic hydroxyl groups excluding tert-OH is 1. The van der Waals surface area contributed by atoms with E-state index in [9.17, 15) is 19.4 Å². The van der Waals surface area contributed by atoms with Gasteiger partial charge in [-0.1, -0.05) is 190 Å². The summed E-state index contributed by atoms with van der Waals surface area (Å²) >= 11 is 0. The van der Waals surface area contributed by atoms with Crippen LogP contribution in [0.1, 0.15) is 194 Å². The number of unbranched alkanes of at least 4 members (excludes halogenated alkanes) is 21. The number of aliphatic hydroxyl groups is 1. The highest BCUT2D eigenvalue weighted by Gasteiger charge is 2.27. The summed E-state index contributed by atoms with van der Waals surface area (Å²) in [5, 5.41) is 13.8. The highest BCUT2D eigenvalue weighted by atomic mass is 31.2. The van der Waals surface area contributed by atoms with Crippen LogP contribution in [0.25, 0.3) is 0 Å². The second-order valence-corrected chi connectivity index (χ2v) is 18.6. The first-order chi connectivity index (χ1) is 28.0. The molecule has 0 radical (unpaired) electrons. The van der Waals surface area contributed by atoms with Gasteiger partial charge in [-0.05, 0) is 57.8 Å². The topological polar surface area (TPSA) is 105 Å². The van der Waals surface area contributed by atoms with Gasteiger partial charge in [-0.15, -0.1) is 0 Å². The summed E-state index contributed by atoms with van der Waals surface area (Å²) in [6, 6.07) is -0.870. The first-order valence-electron chi connectivity index (χ1n) is 23.7. The number of carbonyl (C=O) groups is 1. The molecule has 0 aromatic heterocycles. The molecule has 0 aromatic carbocycles. The van der Waals surface area contributed by atoms with Crippen molar-refractivity contribution in [1.29, 1.82) is 0 Å². The zero-order valence-corrected chi connectivity index (χ0v) is 39.2. The van der Waals surface area contributed by atoms with E-state index in [0.29, 0.717) is 23.9 Å². The molecular weight excluding hydrogens is 744 g/mol. The lowest BCUT2D eigenvalue weighted by atomic mass is 10.0. The molecule has 0 heterocycles. The Morgan fingerprint density at radius 3 is 1.52 bits per heavy atom. The SMILES string of the molecule is CC/C=C\C/C=C\C/C=C\C/C=C\CCCCC(=O)NC(COP(=O)(O)OCC[N+](C)(C)C)C(O)/C=C/CCCCCCCCCCCCCCCCCCCCC. The predicted molar refractivity (Wildman–Crippen MR) is 249 cm³/mol. The third-order valence-electron chi connectivity index (χ3n) is 10.2. The molecule has 3 unspecified atom stereocenters. The van der Waals surface area contributed by atoms with Crippen LogP contribution in [-0.2, 0) is 18.4 Å². The number of quaternary nitrogens is 1. The molecule has 0 fully saturated rings. The summed E-state index contributed by atoms with van der Waals surface area (Å²) in [5.41, 5.74) is 0. The average molecular weight is 836 g/mol. The summed E-state index contributed by atoms with van der Waals surface area (Å²) in [6.45, 7) is 4.66. The quantitative estimate of drug-likeness (QED) is 0.0245. The van der Waals surface area contributed by atoms with Crippen LogP contribution in [0, 0.1) is 0 Å². The molecule has 0 saturated carbocycles. The molecule has 9 heteroatoms. The fraction of sp³-hybridized carbons (Fsp3) is 0.776. The minimum Gasteiger partial charge on any atom is -0.387 e. The monoisotopic (exact) mass is 836 g/mol. The number of likely N-dealkylation sites (N-methyl/N-ethyl adjacent to an activating group) is 1. The Labute approximate surface area is 358 Å². The highest BCUT2D eigenvalue weighted by molar-refractivity contribution is 7.47. The lowest BCUT2D eigenvalue weighted by Gasteiger charge is -2.25. The van der Waals surface area contributed by atoms with Gasteiger partial charge in [0.2, 0.25) is 5.91 Å². The van der Waals surface area contributed by atoms with Crippen LogP contribution in [0.15, 0.2) is 60.8 Å². The van der Waals surface area contributed by atoms with Crippen LogP contribution in [0.4, 0.5) is 0 Å². The zero-order valence-electron chi connectivity index (χ0n) is 38.3. The van der Waals surface area contributed by atoms with Crippen molar-refractivity contribution in [2.75, 3.05) is 40.9 Å². The molecule has 0 bridgehead atoms. The third kappa shape index (κ3) is 42.3. The molecule has 0 spiro atoms. The van der Waals surface area contributed by atoms with Crippen LogP contribution >= 0.6 is 7.82 Å². The number of allylic oxidation sites excluding steroid dienone is 9. The molecule has 1 amide bonds. The highest BCUT2D eigenvalue weighted by Crippen LogP contribution is 2.43. The summed E-state index contributed by atoms with van der Waals surface area (Å²) < 4.78 is 23.6. The van der Waals surface area contributed by atoms with Crippen molar-refractivity contribution in [3.05, 3.63) is 60.8 Å². The normalized spacial score (nSPS) is 14.8. The van der Waals surface area contributed by atoms with E-state index in [2.05, 4.69) is 67.8 Å². The number of nitrogens with one attached hydrogen (secondary N) is 1. The van der Waals surface area contributed by atoms with Gasteiger partial charge in [-0.25, -0.2) is 4.57 Å². The fourth-order valence-corrected chi connectivity index (χ4v) is 7.24. The first kappa shape index (κ1) is 56.2. The molecule has 3 N–H and O–H groups in total. The summed E-state index contributed by atoms with van der Waals surface area (Å²) in [4.78, 5) is 23.1. The molecule has 0 saturated heterocycles. The van der Waals surface area contributed by atoms with Crippen molar-refractivity contribution < 1.29 is 32.9 Å². The van der Waals surface area contributed by atoms with E-state index in [4.69, 9.17) is 9.05 Å². The maximum Gasteiger partial charge on any atom is 0.472 e. The number of phosphoric ester groups is 1. The van der Waals surface area contributed by atoms with Gasteiger partial charge >= 0.3 is 7.82 Å². The number of rotatable bonds is 42. The second-order valence-electron chi connectivity index (χ2n) is 17.1. The predicted octanol–water partition coefficient (Wildman–Crippen LogP) is 13.4. The van der Waals surface area contributed by atoms with E-state index in [1.807, 2.05) is 27.2 Å². The molecular formula is C49H92N2O6P+. The molecule has 0 aliphatic rings. The average Bonchev–Trinajstić information content (AvgIpc) is 3.17. The number of phosphoric acid groups is 1. The Morgan fingerprint density at radius 2 is 1.03 bits per heavy atom.